The van der Waals surface area contributed by atoms with E-state index in [0.29, 0.717) is 0 Å². The number of amides is 1. The van der Waals surface area contributed by atoms with Crippen LogP contribution >= 0.6 is 11.6 Å². The van der Waals surface area contributed by atoms with Gasteiger partial charge in [-0.05, 0) is 5.56 Å². The van der Waals surface area contributed by atoms with Crippen molar-refractivity contribution in [2.45, 2.75) is 12.7 Å². The zero-order valence-corrected chi connectivity index (χ0v) is 11.7. The normalized spacial score (nSPS) is 11.5. The summed E-state index contributed by atoms with van der Waals surface area (Å²) in [6, 6.07) is 8.82. The van der Waals surface area contributed by atoms with E-state index in [1.54, 1.807) is 30.3 Å². The van der Waals surface area contributed by atoms with E-state index < -0.39 is 23.3 Å². The number of rotatable bonds is 3. The zero-order chi connectivity index (χ0) is 15.6. The molecule has 1 aromatic heterocycles. The number of nitrogens with one attached hydrogen (secondary N) is 1. The van der Waals surface area contributed by atoms with Crippen LogP contribution in [0.4, 0.5) is 13.2 Å². The van der Waals surface area contributed by atoms with Crippen molar-refractivity contribution in [2.75, 3.05) is 0 Å². The van der Waals surface area contributed by atoms with Crippen LogP contribution in [0.5, 0.6) is 0 Å². The van der Waals surface area contributed by atoms with Gasteiger partial charge in [-0.2, -0.15) is 18.3 Å². The first-order valence-electron chi connectivity index (χ1n) is 5.92. The second-order valence-corrected chi connectivity index (χ2v) is 4.66. The molecule has 0 fully saturated rings. The van der Waals surface area contributed by atoms with E-state index in [9.17, 15) is 18.0 Å². The zero-order valence-electron chi connectivity index (χ0n) is 10.9. The molecule has 1 N–H and O–H groups in total. The molecule has 1 aromatic carbocycles. The van der Waals surface area contributed by atoms with Crippen molar-refractivity contribution < 1.29 is 18.0 Å². The molecule has 0 aliphatic heterocycles. The van der Waals surface area contributed by atoms with Gasteiger partial charge >= 0.3 is 6.18 Å². The Kier molecular flexibility index (Phi) is 4.22. The summed E-state index contributed by atoms with van der Waals surface area (Å²) in [5, 5.41) is 5.31. The highest BCUT2D eigenvalue weighted by Crippen LogP contribution is 2.34. The van der Waals surface area contributed by atoms with Gasteiger partial charge in [0.15, 0.2) is 5.69 Å². The molecule has 0 saturated carbocycles. The van der Waals surface area contributed by atoms with Crippen molar-refractivity contribution in [3.63, 3.8) is 0 Å². The Morgan fingerprint density at radius 3 is 2.52 bits per heavy atom. The molecule has 21 heavy (non-hydrogen) atoms. The topological polar surface area (TPSA) is 46.9 Å². The highest BCUT2D eigenvalue weighted by atomic mass is 35.5. The largest absolute Gasteiger partial charge is 0.436 e. The highest BCUT2D eigenvalue weighted by Gasteiger charge is 2.40. The van der Waals surface area contributed by atoms with E-state index in [1.165, 1.54) is 7.05 Å². The monoisotopic (exact) mass is 317 g/mol. The fourth-order valence-electron chi connectivity index (χ4n) is 1.77. The molecule has 0 saturated heterocycles. The van der Waals surface area contributed by atoms with E-state index >= 15 is 0 Å². The SMILES string of the molecule is Cn1nc(C(F)(F)F)c(C(=O)NCc2ccccc2)c1Cl. The Labute approximate surface area is 123 Å². The van der Waals surface area contributed by atoms with Crippen molar-refractivity contribution in [1.82, 2.24) is 15.1 Å². The van der Waals surface area contributed by atoms with Gasteiger partial charge in [-0.3, -0.25) is 9.48 Å². The minimum absolute atomic E-state index is 0.0994. The lowest BCUT2D eigenvalue weighted by atomic mass is 10.2. The molecule has 0 aliphatic carbocycles. The van der Waals surface area contributed by atoms with Crippen molar-refractivity contribution in [3.05, 3.63) is 52.3 Å². The summed E-state index contributed by atoms with van der Waals surface area (Å²) in [5.41, 5.74) is -1.19. The van der Waals surface area contributed by atoms with Gasteiger partial charge in [-0.1, -0.05) is 41.9 Å². The first kappa shape index (κ1) is 15.4. The van der Waals surface area contributed by atoms with Crippen molar-refractivity contribution in [3.8, 4) is 0 Å². The van der Waals surface area contributed by atoms with Crippen LogP contribution in [0, 0.1) is 0 Å². The molecule has 0 aliphatic rings. The molecule has 0 radical (unpaired) electrons. The lowest BCUT2D eigenvalue weighted by molar-refractivity contribution is -0.141. The number of aromatic nitrogens is 2. The van der Waals surface area contributed by atoms with Gasteiger partial charge in [0.25, 0.3) is 5.91 Å². The fraction of sp³-hybridized carbons (Fsp3) is 0.231. The Morgan fingerprint density at radius 2 is 1.95 bits per heavy atom. The molecule has 4 nitrogen and oxygen atoms in total. The third kappa shape index (κ3) is 3.36. The molecule has 0 atom stereocenters. The maximum Gasteiger partial charge on any atom is 0.436 e. The molecule has 0 spiro atoms. The molecule has 1 amide bonds. The van der Waals surface area contributed by atoms with Crippen LogP contribution < -0.4 is 5.32 Å². The summed E-state index contributed by atoms with van der Waals surface area (Å²) in [6.45, 7) is 0.0994. The molecular formula is C13H11ClF3N3O. The molecular weight excluding hydrogens is 307 g/mol. The molecule has 1 heterocycles. The number of halogens is 4. The Morgan fingerprint density at radius 1 is 1.33 bits per heavy atom. The highest BCUT2D eigenvalue weighted by molar-refractivity contribution is 6.33. The number of alkyl halides is 3. The van der Waals surface area contributed by atoms with E-state index in [0.717, 1.165) is 10.2 Å². The number of hydrogen-bond donors (Lipinski definition) is 1. The molecule has 2 aromatic rings. The summed E-state index contributed by atoms with van der Waals surface area (Å²) >= 11 is 5.74. The number of carbonyl (C=O) groups is 1. The predicted molar refractivity (Wildman–Crippen MR) is 70.8 cm³/mol. The van der Waals surface area contributed by atoms with Crippen molar-refractivity contribution in [2.24, 2.45) is 7.05 Å². The standard InChI is InChI=1S/C13H11ClF3N3O/c1-20-11(14)9(10(19-20)13(15,16)17)12(21)18-7-8-5-3-2-4-6-8/h2-6H,7H2,1H3,(H,18,21). The van der Waals surface area contributed by atoms with Crippen LogP contribution in [-0.4, -0.2) is 15.7 Å². The molecule has 0 unspecified atom stereocenters. The maximum absolute atomic E-state index is 12.9. The van der Waals surface area contributed by atoms with E-state index in [1.807, 2.05) is 0 Å². The van der Waals surface area contributed by atoms with Gasteiger partial charge < -0.3 is 5.32 Å². The van der Waals surface area contributed by atoms with Gasteiger partial charge in [-0.25, -0.2) is 0 Å². The first-order chi connectivity index (χ1) is 9.80. The van der Waals surface area contributed by atoms with Gasteiger partial charge in [0, 0.05) is 13.6 Å². The third-order valence-electron chi connectivity index (χ3n) is 2.77. The number of aryl methyl sites for hydroxylation is 1. The lowest BCUT2D eigenvalue weighted by Gasteiger charge is -2.08. The van der Waals surface area contributed by atoms with Crippen LogP contribution in [0.25, 0.3) is 0 Å². The number of nitrogens with zero attached hydrogens (tertiary/aromatic N) is 2. The Balaban J connectivity index is 2.23. The molecule has 8 heteroatoms. The first-order valence-corrected chi connectivity index (χ1v) is 6.30. The van der Waals surface area contributed by atoms with Crippen LogP contribution in [0.15, 0.2) is 30.3 Å². The smallest absolute Gasteiger partial charge is 0.348 e. The van der Waals surface area contributed by atoms with E-state index in [4.69, 9.17) is 11.6 Å². The second-order valence-electron chi connectivity index (χ2n) is 4.30. The average molecular weight is 318 g/mol. The Bertz CT molecular complexity index is 653. The quantitative estimate of drug-likeness (QED) is 0.946. The fourth-order valence-corrected chi connectivity index (χ4v) is 1.98. The van der Waals surface area contributed by atoms with E-state index in [-0.39, 0.29) is 11.7 Å². The van der Waals surface area contributed by atoms with Gasteiger partial charge in [0.2, 0.25) is 0 Å². The maximum atomic E-state index is 12.9. The number of hydrogen-bond acceptors (Lipinski definition) is 2. The summed E-state index contributed by atoms with van der Waals surface area (Å²) in [5.74, 6) is -0.913. The molecule has 2 rings (SSSR count). The predicted octanol–water partition coefficient (Wildman–Crippen LogP) is 3.02. The van der Waals surface area contributed by atoms with Crippen LogP contribution in [0.1, 0.15) is 21.6 Å². The van der Waals surface area contributed by atoms with Crippen LogP contribution in [0.3, 0.4) is 0 Å². The number of carbonyl (C=O) groups excluding carboxylic acids is 1. The third-order valence-corrected chi connectivity index (χ3v) is 3.20. The summed E-state index contributed by atoms with van der Waals surface area (Å²) in [4.78, 5) is 12.0. The summed E-state index contributed by atoms with van der Waals surface area (Å²) in [7, 11) is 1.24. The van der Waals surface area contributed by atoms with Gasteiger partial charge in [0.05, 0.1) is 0 Å². The number of benzene rings is 1. The van der Waals surface area contributed by atoms with Gasteiger partial charge in [0.1, 0.15) is 10.7 Å². The minimum Gasteiger partial charge on any atom is -0.348 e. The van der Waals surface area contributed by atoms with Crippen molar-refractivity contribution >= 4 is 17.5 Å². The van der Waals surface area contributed by atoms with Crippen molar-refractivity contribution in [1.29, 1.82) is 0 Å². The lowest BCUT2D eigenvalue weighted by Crippen LogP contribution is -2.25. The second kappa shape index (κ2) is 5.77. The van der Waals surface area contributed by atoms with E-state index in [2.05, 4.69) is 10.4 Å². The summed E-state index contributed by atoms with van der Waals surface area (Å²) in [6.07, 6.45) is -4.75. The average Bonchev–Trinajstić information content (AvgIpc) is 2.74. The van der Waals surface area contributed by atoms with Gasteiger partial charge in [-0.15, -0.1) is 0 Å². The molecule has 112 valence electrons. The van der Waals surface area contributed by atoms with Crippen LogP contribution in [-0.2, 0) is 19.8 Å². The Hall–Kier alpha value is -2.02. The minimum atomic E-state index is -4.75. The molecule has 0 bridgehead atoms. The summed E-state index contributed by atoms with van der Waals surface area (Å²) < 4.78 is 39.4. The van der Waals surface area contributed by atoms with Crippen LogP contribution in [0.2, 0.25) is 5.15 Å².